The Kier molecular flexibility index (Phi) is 13.7. The van der Waals surface area contributed by atoms with E-state index in [-0.39, 0.29) is 36.0 Å². The van der Waals surface area contributed by atoms with Crippen LogP contribution >= 0.6 is 35.3 Å². The lowest BCUT2D eigenvalue weighted by molar-refractivity contribution is 0.0531. The molecule has 1 rings (SSSR count). The van der Waals surface area contributed by atoms with Crippen LogP contribution in [0.5, 0.6) is 0 Å². The molecule has 0 amide bonds. The number of rotatable bonds is 11. The van der Waals surface area contributed by atoms with Gasteiger partial charge >= 0.3 is 5.97 Å². The van der Waals surface area contributed by atoms with Crippen molar-refractivity contribution in [2.75, 3.05) is 39.0 Å². The standard InChI is InChI=1S/C18H33N5O4S2.HI/c1-7-19-18(20-11-10-12-23(8-2)29(6,25)26)22-14(5)16-21-13(4)15(28-16)17(24)27-9-3;/h14H,7-12H2,1-6H3,(H2,19,20,22);1H. The summed E-state index contributed by atoms with van der Waals surface area (Å²) >= 11 is 1.31. The quantitative estimate of drug-likeness (QED) is 0.137. The second kappa shape index (κ2) is 14.1. The maximum atomic E-state index is 12.0. The lowest BCUT2D eigenvalue weighted by atomic mass is 10.3. The summed E-state index contributed by atoms with van der Waals surface area (Å²) in [6.07, 6.45) is 1.84. The van der Waals surface area contributed by atoms with E-state index in [0.29, 0.717) is 55.7 Å². The van der Waals surface area contributed by atoms with E-state index in [9.17, 15) is 13.2 Å². The first-order valence-corrected chi connectivity index (χ1v) is 12.4. The molecular formula is C18H34IN5O4S2. The first-order chi connectivity index (χ1) is 13.6. The predicted octanol–water partition coefficient (Wildman–Crippen LogP) is 2.53. The van der Waals surface area contributed by atoms with Gasteiger partial charge in [-0.15, -0.1) is 35.3 Å². The van der Waals surface area contributed by atoms with Gasteiger partial charge in [-0.3, -0.25) is 4.99 Å². The minimum atomic E-state index is -3.19. The molecule has 0 aromatic carbocycles. The first-order valence-electron chi connectivity index (χ1n) is 9.78. The van der Waals surface area contributed by atoms with Gasteiger partial charge in [0.05, 0.1) is 24.6 Å². The van der Waals surface area contributed by atoms with Gasteiger partial charge in [0.15, 0.2) is 5.96 Å². The smallest absolute Gasteiger partial charge is 0.350 e. The average molecular weight is 576 g/mol. The van der Waals surface area contributed by atoms with Crippen molar-refractivity contribution in [2.24, 2.45) is 4.99 Å². The molecule has 1 unspecified atom stereocenters. The molecule has 0 aliphatic heterocycles. The molecule has 0 saturated carbocycles. The monoisotopic (exact) mass is 575 g/mol. The normalized spacial score (nSPS) is 13.0. The van der Waals surface area contributed by atoms with E-state index < -0.39 is 10.0 Å². The Balaban J connectivity index is 0.00000841. The van der Waals surface area contributed by atoms with Crippen LogP contribution in [0.15, 0.2) is 4.99 Å². The van der Waals surface area contributed by atoms with E-state index >= 15 is 0 Å². The number of carbonyl (C=O) groups excluding carboxylic acids is 1. The van der Waals surface area contributed by atoms with E-state index in [0.717, 1.165) is 5.01 Å². The molecule has 12 heteroatoms. The Labute approximate surface area is 201 Å². The minimum Gasteiger partial charge on any atom is -0.462 e. The minimum absolute atomic E-state index is 0. The van der Waals surface area contributed by atoms with E-state index in [2.05, 4.69) is 20.6 Å². The summed E-state index contributed by atoms with van der Waals surface area (Å²) in [6.45, 7) is 11.7. The molecule has 0 bridgehead atoms. The molecule has 0 fully saturated rings. The van der Waals surface area contributed by atoms with E-state index in [4.69, 9.17) is 4.74 Å². The summed E-state index contributed by atoms with van der Waals surface area (Å²) in [4.78, 5) is 21.5. The van der Waals surface area contributed by atoms with Crippen LogP contribution in [0.25, 0.3) is 0 Å². The number of nitrogens with zero attached hydrogens (tertiary/aromatic N) is 3. The number of aryl methyl sites for hydroxylation is 1. The fourth-order valence-electron chi connectivity index (χ4n) is 2.57. The Morgan fingerprint density at radius 1 is 1.33 bits per heavy atom. The van der Waals surface area contributed by atoms with Crippen molar-refractivity contribution in [1.29, 1.82) is 0 Å². The summed E-state index contributed by atoms with van der Waals surface area (Å²) < 4.78 is 29.8. The SMILES string of the molecule is CCNC(=NCCCN(CC)S(C)(=O)=O)NC(C)c1nc(C)c(C(=O)OCC)s1.I. The summed E-state index contributed by atoms with van der Waals surface area (Å²) in [5, 5.41) is 7.22. The third-order valence-corrected chi connectivity index (χ3v) is 6.70. The van der Waals surface area contributed by atoms with E-state index in [1.807, 2.05) is 20.8 Å². The lowest BCUT2D eigenvalue weighted by Crippen LogP contribution is -2.39. The van der Waals surface area contributed by atoms with Crippen LogP contribution in [-0.2, 0) is 14.8 Å². The van der Waals surface area contributed by atoms with Crippen molar-refractivity contribution in [3.8, 4) is 0 Å². The summed E-state index contributed by atoms with van der Waals surface area (Å²) in [5.41, 5.74) is 0.652. The Hall–Kier alpha value is -0.990. The molecule has 0 spiro atoms. The Morgan fingerprint density at radius 2 is 2.00 bits per heavy atom. The molecule has 1 aromatic heterocycles. The van der Waals surface area contributed by atoms with Gasteiger partial charge in [-0.25, -0.2) is 22.5 Å². The van der Waals surface area contributed by atoms with Crippen molar-refractivity contribution in [1.82, 2.24) is 19.9 Å². The molecule has 0 saturated heterocycles. The maximum Gasteiger partial charge on any atom is 0.350 e. The van der Waals surface area contributed by atoms with Crippen LogP contribution in [0.1, 0.15) is 60.5 Å². The molecule has 1 heterocycles. The predicted molar refractivity (Wildman–Crippen MR) is 132 cm³/mol. The van der Waals surface area contributed by atoms with Gasteiger partial charge < -0.3 is 15.4 Å². The zero-order valence-electron chi connectivity index (χ0n) is 18.5. The van der Waals surface area contributed by atoms with Crippen LogP contribution in [0.2, 0.25) is 0 Å². The number of hydrogen-bond acceptors (Lipinski definition) is 7. The van der Waals surface area contributed by atoms with Crippen molar-refractivity contribution in [2.45, 2.75) is 47.1 Å². The highest BCUT2D eigenvalue weighted by atomic mass is 127. The van der Waals surface area contributed by atoms with Crippen LogP contribution in [0, 0.1) is 6.92 Å². The second-order valence-electron chi connectivity index (χ2n) is 6.42. The van der Waals surface area contributed by atoms with Crippen molar-refractivity contribution >= 4 is 57.3 Å². The van der Waals surface area contributed by atoms with Crippen LogP contribution in [0.3, 0.4) is 0 Å². The number of sulfonamides is 1. The maximum absolute atomic E-state index is 12.0. The molecule has 0 aliphatic carbocycles. The number of aromatic nitrogens is 1. The zero-order valence-corrected chi connectivity index (χ0v) is 22.5. The number of esters is 1. The zero-order chi connectivity index (χ0) is 22.0. The molecule has 174 valence electrons. The largest absolute Gasteiger partial charge is 0.462 e. The molecule has 0 radical (unpaired) electrons. The second-order valence-corrected chi connectivity index (χ2v) is 9.44. The van der Waals surface area contributed by atoms with Gasteiger partial charge in [0, 0.05) is 26.2 Å². The number of aliphatic imine (C=N–C) groups is 1. The summed E-state index contributed by atoms with van der Waals surface area (Å²) in [6, 6.07) is -0.150. The molecular weight excluding hydrogens is 541 g/mol. The molecule has 1 aromatic rings. The molecule has 9 nitrogen and oxygen atoms in total. The Bertz CT molecular complexity index is 798. The highest BCUT2D eigenvalue weighted by molar-refractivity contribution is 14.0. The molecule has 2 N–H and O–H groups in total. The van der Waals surface area contributed by atoms with Crippen molar-refractivity contribution in [3.63, 3.8) is 0 Å². The highest BCUT2D eigenvalue weighted by Gasteiger charge is 2.20. The first kappa shape index (κ1) is 29.0. The van der Waals surface area contributed by atoms with Crippen LogP contribution in [0.4, 0.5) is 0 Å². The lowest BCUT2D eigenvalue weighted by Gasteiger charge is -2.18. The van der Waals surface area contributed by atoms with Crippen LogP contribution in [-0.4, -0.2) is 68.7 Å². The summed E-state index contributed by atoms with van der Waals surface area (Å²) in [5.74, 6) is 0.265. The third-order valence-electron chi connectivity index (χ3n) is 4.00. The number of halogens is 1. The number of carbonyl (C=O) groups is 1. The Morgan fingerprint density at radius 3 is 2.53 bits per heavy atom. The fourth-order valence-corrected chi connectivity index (χ4v) is 4.46. The van der Waals surface area contributed by atoms with Crippen molar-refractivity contribution in [3.05, 3.63) is 15.6 Å². The van der Waals surface area contributed by atoms with E-state index in [1.54, 1.807) is 13.8 Å². The van der Waals surface area contributed by atoms with Crippen molar-refractivity contribution < 1.29 is 17.9 Å². The number of hydrogen-bond donors (Lipinski definition) is 2. The fraction of sp³-hybridized carbons (Fsp3) is 0.722. The number of ether oxygens (including phenoxy) is 1. The van der Waals surface area contributed by atoms with Gasteiger partial charge in [-0.1, -0.05) is 6.92 Å². The molecule has 30 heavy (non-hydrogen) atoms. The number of guanidine groups is 1. The number of thiazole rings is 1. The average Bonchev–Trinajstić information content (AvgIpc) is 3.03. The van der Waals surface area contributed by atoms with Gasteiger partial charge in [0.2, 0.25) is 10.0 Å². The summed E-state index contributed by atoms with van der Waals surface area (Å²) in [7, 11) is -3.19. The van der Waals surface area contributed by atoms with Gasteiger partial charge in [0.25, 0.3) is 0 Å². The number of nitrogens with one attached hydrogen (secondary N) is 2. The third kappa shape index (κ3) is 9.43. The van der Waals surface area contributed by atoms with E-state index in [1.165, 1.54) is 21.9 Å². The van der Waals surface area contributed by atoms with Gasteiger partial charge in [0.1, 0.15) is 9.88 Å². The molecule has 1 atom stereocenters. The van der Waals surface area contributed by atoms with Gasteiger partial charge in [-0.05, 0) is 34.1 Å². The van der Waals surface area contributed by atoms with Gasteiger partial charge in [-0.2, -0.15) is 0 Å². The van der Waals surface area contributed by atoms with Crippen LogP contribution < -0.4 is 10.6 Å². The highest BCUT2D eigenvalue weighted by Crippen LogP contribution is 2.24. The molecule has 0 aliphatic rings. The topological polar surface area (TPSA) is 113 Å².